The third-order valence-electron chi connectivity index (χ3n) is 3.36. The topological polar surface area (TPSA) is 67.6 Å². The van der Waals surface area contributed by atoms with Crippen LogP contribution in [0.4, 0.5) is 0 Å². The minimum absolute atomic E-state index is 0.258. The second-order valence-corrected chi connectivity index (χ2v) is 4.90. The molecule has 0 spiro atoms. The van der Waals surface area contributed by atoms with Crippen molar-refractivity contribution in [2.45, 2.75) is 45.3 Å². The van der Waals surface area contributed by atoms with E-state index in [1.54, 1.807) is 0 Å². The normalized spacial score (nSPS) is 21.4. The predicted molar refractivity (Wildman–Crippen MR) is 72.4 cm³/mol. The van der Waals surface area contributed by atoms with Gasteiger partial charge in [0.15, 0.2) is 0 Å². The number of nitrogens with two attached hydrogens (primary N) is 1. The van der Waals surface area contributed by atoms with E-state index in [0.717, 1.165) is 45.5 Å². The fourth-order valence-corrected chi connectivity index (χ4v) is 2.24. The highest BCUT2D eigenvalue weighted by molar-refractivity contribution is 5.80. The summed E-state index contributed by atoms with van der Waals surface area (Å²) in [7, 11) is 0. The average Bonchev–Trinajstić information content (AvgIpc) is 2.85. The number of carbonyl (C=O) groups excluding carboxylic acids is 1. The first-order valence-corrected chi connectivity index (χ1v) is 7.04. The van der Waals surface area contributed by atoms with E-state index >= 15 is 0 Å². The molecule has 0 radical (unpaired) electrons. The molecule has 1 aliphatic heterocycles. The van der Waals surface area contributed by atoms with Crippen LogP contribution in [-0.4, -0.2) is 55.7 Å². The summed E-state index contributed by atoms with van der Waals surface area (Å²) in [5.74, 6) is -0.269. The summed E-state index contributed by atoms with van der Waals surface area (Å²) >= 11 is 0. The third-order valence-corrected chi connectivity index (χ3v) is 3.36. The molecule has 0 aliphatic carbocycles. The lowest BCUT2D eigenvalue weighted by atomic mass is 10.2. The van der Waals surface area contributed by atoms with E-state index in [0.29, 0.717) is 12.6 Å². The first-order chi connectivity index (χ1) is 8.67. The monoisotopic (exact) mass is 257 g/mol. The second kappa shape index (κ2) is 8.45. The standard InChI is InChI=1S/C13H27N3O2/c1-3-7-15-12(13(14)17)10-16(4-2)9-11-6-5-8-18-11/h11-12,15H,3-10H2,1-2H3,(H2,14,17). The zero-order chi connectivity index (χ0) is 13.4. The fraction of sp³-hybridized carbons (Fsp3) is 0.923. The van der Waals surface area contributed by atoms with Crippen molar-refractivity contribution in [1.82, 2.24) is 10.2 Å². The molecular formula is C13H27N3O2. The van der Waals surface area contributed by atoms with E-state index in [1.807, 2.05) is 0 Å². The van der Waals surface area contributed by atoms with Crippen LogP contribution in [0.1, 0.15) is 33.1 Å². The van der Waals surface area contributed by atoms with Crippen molar-refractivity contribution >= 4 is 5.91 Å². The van der Waals surface area contributed by atoms with E-state index in [4.69, 9.17) is 10.5 Å². The molecule has 1 fully saturated rings. The number of ether oxygens (including phenoxy) is 1. The Morgan fingerprint density at radius 1 is 1.56 bits per heavy atom. The SMILES string of the molecule is CCCNC(CN(CC)CC1CCCO1)C(N)=O. The van der Waals surface area contributed by atoms with Crippen LogP contribution >= 0.6 is 0 Å². The number of amides is 1. The van der Waals surface area contributed by atoms with Crippen LogP contribution in [-0.2, 0) is 9.53 Å². The maximum Gasteiger partial charge on any atom is 0.235 e. The average molecular weight is 257 g/mol. The molecule has 5 heteroatoms. The van der Waals surface area contributed by atoms with Crippen LogP contribution in [0.2, 0.25) is 0 Å². The molecule has 2 unspecified atom stereocenters. The molecule has 0 saturated carbocycles. The van der Waals surface area contributed by atoms with Gasteiger partial charge in [-0.3, -0.25) is 9.69 Å². The number of hydrogen-bond donors (Lipinski definition) is 2. The Balaban J connectivity index is 2.39. The smallest absolute Gasteiger partial charge is 0.235 e. The van der Waals surface area contributed by atoms with E-state index in [2.05, 4.69) is 24.1 Å². The van der Waals surface area contributed by atoms with Crippen LogP contribution in [0.25, 0.3) is 0 Å². The van der Waals surface area contributed by atoms with Gasteiger partial charge in [-0.2, -0.15) is 0 Å². The first kappa shape index (κ1) is 15.4. The van der Waals surface area contributed by atoms with Gasteiger partial charge in [-0.05, 0) is 32.4 Å². The summed E-state index contributed by atoms with van der Waals surface area (Å²) < 4.78 is 5.63. The summed E-state index contributed by atoms with van der Waals surface area (Å²) in [6.45, 7) is 8.36. The molecule has 1 rings (SSSR count). The van der Waals surface area contributed by atoms with Gasteiger partial charge in [-0.1, -0.05) is 13.8 Å². The molecule has 1 saturated heterocycles. The van der Waals surface area contributed by atoms with Crippen LogP contribution in [0.5, 0.6) is 0 Å². The van der Waals surface area contributed by atoms with Crippen molar-refractivity contribution in [3.05, 3.63) is 0 Å². The summed E-state index contributed by atoms with van der Waals surface area (Å²) in [5, 5.41) is 3.20. The van der Waals surface area contributed by atoms with Gasteiger partial charge in [-0.15, -0.1) is 0 Å². The van der Waals surface area contributed by atoms with E-state index in [-0.39, 0.29) is 11.9 Å². The summed E-state index contributed by atoms with van der Waals surface area (Å²) in [4.78, 5) is 13.6. The largest absolute Gasteiger partial charge is 0.377 e. The number of primary amides is 1. The van der Waals surface area contributed by atoms with Crippen molar-refractivity contribution in [2.24, 2.45) is 5.73 Å². The number of nitrogens with zero attached hydrogens (tertiary/aromatic N) is 1. The molecule has 106 valence electrons. The Hall–Kier alpha value is -0.650. The van der Waals surface area contributed by atoms with Crippen LogP contribution in [0.3, 0.4) is 0 Å². The fourth-order valence-electron chi connectivity index (χ4n) is 2.24. The highest BCUT2D eigenvalue weighted by atomic mass is 16.5. The minimum Gasteiger partial charge on any atom is -0.377 e. The lowest BCUT2D eigenvalue weighted by molar-refractivity contribution is -0.120. The van der Waals surface area contributed by atoms with Crippen LogP contribution in [0.15, 0.2) is 0 Å². The molecule has 0 aromatic rings. The van der Waals surface area contributed by atoms with Crippen molar-refractivity contribution in [3.63, 3.8) is 0 Å². The minimum atomic E-state index is -0.269. The first-order valence-electron chi connectivity index (χ1n) is 7.04. The molecule has 18 heavy (non-hydrogen) atoms. The highest BCUT2D eigenvalue weighted by Crippen LogP contribution is 2.13. The summed E-state index contributed by atoms with van der Waals surface area (Å²) in [5.41, 5.74) is 5.43. The molecule has 1 amide bonds. The summed E-state index contributed by atoms with van der Waals surface area (Å²) in [6, 6.07) is -0.258. The zero-order valence-electron chi connectivity index (χ0n) is 11.7. The van der Waals surface area contributed by atoms with Gasteiger partial charge < -0.3 is 15.8 Å². The van der Waals surface area contributed by atoms with E-state index in [1.165, 1.54) is 0 Å². The quantitative estimate of drug-likeness (QED) is 0.625. The Morgan fingerprint density at radius 2 is 2.33 bits per heavy atom. The second-order valence-electron chi connectivity index (χ2n) is 4.90. The predicted octanol–water partition coefficient (Wildman–Crippen LogP) is 0.341. The Kier molecular flexibility index (Phi) is 7.23. The molecule has 3 N–H and O–H groups in total. The molecular weight excluding hydrogens is 230 g/mol. The van der Waals surface area contributed by atoms with Gasteiger partial charge >= 0.3 is 0 Å². The zero-order valence-corrected chi connectivity index (χ0v) is 11.7. The van der Waals surface area contributed by atoms with Gasteiger partial charge in [0.2, 0.25) is 5.91 Å². The van der Waals surface area contributed by atoms with E-state index in [9.17, 15) is 4.79 Å². The van der Waals surface area contributed by atoms with Crippen LogP contribution < -0.4 is 11.1 Å². The van der Waals surface area contributed by atoms with Gasteiger partial charge in [0.25, 0.3) is 0 Å². The number of rotatable bonds is 9. The molecule has 5 nitrogen and oxygen atoms in total. The van der Waals surface area contributed by atoms with Crippen LogP contribution in [0, 0.1) is 0 Å². The number of nitrogens with one attached hydrogen (secondary N) is 1. The molecule has 1 heterocycles. The maximum atomic E-state index is 11.4. The van der Waals surface area contributed by atoms with Crippen molar-refractivity contribution in [2.75, 3.05) is 32.8 Å². The van der Waals surface area contributed by atoms with Crippen molar-refractivity contribution in [3.8, 4) is 0 Å². The van der Waals surface area contributed by atoms with Gasteiger partial charge in [0.1, 0.15) is 0 Å². The molecule has 1 aliphatic rings. The Bertz CT molecular complexity index is 242. The lowest BCUT2D eigenvalue weighted by Gasteiger charge is -2.27. The third kappa shape index (κ3) is 5.33. The van der Waals surface area contributed by atoms with Gasteiger partial charge in [0.05, 0.1) is 12.1 Å². The molecule has 0 aromatic heterocycles. The molecule has 0 aromatic carbocycles. The lowest BCUT2D eigenvalue weighted by Crippen LogP contribution is -2.50. The maximum absolute atomic E-state index is 11.4. The highest BCUT2D eigenvalue weighted by Gasteiger charge is 2.22. The Labute approximate surface area is 110 Å². The summed E-state index contributed by atoms with van der Waals surface area (Å²) in [6.07, 6.45) is 3.60. The van der Waals surface area contributed by atoms with Crippen molar-refractivity contribution < 1.29 is 9.53 Å². The number of likely N-dealkylation sites (N-methyl/N-ethyl adjacent to an activating group) is 1. The number of hydrogen-bond acceptors (Lipinski definition) is 4. The van der Waals surface area contributed by atoms with Crippen molar-refractivity contribution in [1.29, 1.82) is 0 Å². The van der Waals surface area contributed by atoms with Gasteiger partial charge in [0, 0.05) is 19.7 Å². The number of carbonyl (C=O) groups is 1. The molecule has 0 bridgehead atoms. The van der Waals surface area contributed by atoms with E-state index < -0.39 is 0 Å². The Morgan fingerprint density at radius 3 is 2.83 bits per heavy atom. The molecule has 2 atom stereocenters. The van der Waals surface area contributed by atoms with Gasteiger partial charge in [-0.25, -0.2) is 0 Å².